The first-order chi connectivity index (χ1) is 56.1. The number of ketones is 3. The molecule has 0 radical (unpaired) electrons. The van der Waals surface area contributed by atoms with Gasteiger partial charge >= 0.3 is 0 Å². The molecule has 0 aliphatic heterocycles. The molecule has 0 spiro atoms. The third-order valence-electron chi connectivity index (χ3n) is 27.1. The molecule has 6 aromatic heterocycles. The Morgan fingerprint density at radius 2 is 0.724 bits per heavy atom. The largest absolute Gasteiger partial charge is 0.385 e. The van der Waals surface area contributed by atoms with E-state index >= 15 is 0 Å². The number of fused-ring (bicyclic) bond motifs is 8. The summed E-state index contributed by atoms with van der Waals surface area (Å²) >= 11 is 3.37. The summed E-state index contributed by atoms with van der Waals surface area (Å²) in [7, 11) is 0. The van der Waals surface area contributed by atoms with Crippen molar-refractivity contribution in [2.24, 2.45) is 45.3 Å². The van der Waals surface area contributed by atoms with Gasteiger partial charge in [0.2, 0.25) is 0 Å². The third-order valence-corrected chi connectivity index (χ3v) is 28.5. The Balaban J connectivity index is 0.000000111. The predicted molar refractivity (Wildman–Crippen MR) is 452 cm³/mol. The summed E-state index contributed by atoms with van der Waals surface area (Å²) in [5, 5.41) is 37.9. The molecule has 116 heavy (non-hydrogen) atoms. The fourth-order valence-corrected chi connectivity index (χ4v) is 22.1. The number of carbonyl (C=O) groups is 3. The third kappa shape index (κ3) is 14.7. The van der Waals surface area contributed by atoms with Crippen LogP contribution in [-0.2, 0) is 25.7 Å². The van der Waals surface area contributed by atoms with Crippen molar-refractivity contribution in [2.45, 2.75) is 149 Å². The van der Waals surface area contributed by atoms with Gasteiger partial charge in [0, 0.05) is 50.7 Å². The Labute approximate surface area is 682 Å². The highest BCUT2D eigenvalue weighted by Gasteiger charge is 2.51. The molecule has 20 rings (SSSR count). The molecule has 12 nitrogen and oxygen atoms in total. The van der Waals surface area contributed by atoms with Gasteiger partial charge in [0.25, 0.3) is 0 Å². The van der Waals surface area contributed by atoms with Gasteiger partial charge in [-0.2, -0.15) is 43.1 Å². The van der Waals surface area contributed by atoms with Gasteiger partial charge in [0.15, 0.2) is 17.3 Å². The van der Waals surface area contributed by atoms with Crippen LogP contribution in [0.25, 0.3) is 47.1 Å². The van der Waals surface area contributed by atoms with E-state index in [1.54, 1.807) is 88.9 Å². The highest BCUT2D eigenvalue weighted by Crippen LogP contribution is 2.58. The van der Waals surface area contributed by atoms with Crippen molar-refractivity contribution in [2.75, 3.05) is 0 Å². The van der Waals surface area contributed by atoms with Crippen LogP contribution in [-0.4, -0.2) is 67.7 Å². The molecule has 4 fully saturated rings. The zero-order chi connectivity index (χ0) is 80.2. The summed E-state index contributed by atoms with van der Waals surface area (Å²) in [6.45, 7) is 11.5. The summed E-state index contributed by atoms with van der Waals surface area (Å²) in [4.78, 5) is 39.6. The van der Waals surface area contributed by atoms with Crippen molar-refractivity contribution in [1.29, 1.82) is 0 Å². The van der Waals surface area contributed by atoms with Crippen molar-refractivity contribution < 1.29 is 37.1 Å². The maximum absolute atomic E-state index is 13.4. The lowest BCUT2D eigenvalue weighted by molar-refractivity contribution is 0.0230. The van der Waals surface area contributed by atoms with E-state index in [0.717, 1.165) is 158 Å². The number of allylic oxidation sites excluding steroid dienone is 4. The maximum Gasteiger partial charge on any atom is 0.191 e. The van der Waals surface area contributed by atoms with E-state index in [2.05, 4.69) is 96.1 Å². The molecule has 1 N–H and O–H groups in total. The van der Waals surface area contributed by atoms with Crippen molar-refractivity contribution in [3.63, 3.8) is 0 Å². The molecule has 1 unspecified atom stereocenters. The van der Waals surface area contributed by atoms with Gasteiger partial charge in [-0.25, -0.2) is 36.3 Å². The molecular weight excluding hydrogens is 1490 g/mol. The SMILES string of the molecule is CC(c1ccsc1)[C@H]1CCCC2=Cc3c(cnn3-c3ccc(F)cc3)C[C@@]21C.C[C@]12Cc3cnn(-c4ccc(F)cc4)c3C=C1CCC[C@@H]2C(=O)c1ccccc1.C[C@]12Cc3cnn(-c4ccc(F)cc4)c3C=C1CCC[C@@H]2C(=O)c1ccsc1.C[C@]12Cc3cnn(-c4ccc(F)cc4)c3C=C1CCC[C@@H]2[C@@H](O)C(=O)c1ccccc1. The highest BCUT2D eigenvalue weighted by molar-refractivity contribution is 7.08. The second-order valence-corrected chi connectivity index (χ2v) is 35.4. The second kappa shape index (κ2) is 32.0. The maximum atomic E-state index is 13.4. The highest BCUT2D eigenvalue weighted by atomic mass is 32.1. The predicted octanol–water partition coefficient (Wildman–Crippen LogP) is 23.0. The number of nitrogens with zero attached hydrogens (tertiary/aromatic N) is 8. The van der Waals surface area contributed by atoms with Gasteiger partial charge in [0.05, 0.1) is 70.3 Å². The molecule has 6 heterocycles. The number of hydrogen-bond donors (Lipinski definition) is 1. The number of carbonyl (C=O) groups excluding carboxylic acids is 3. The van der Waals surface area contributed by atoms with Gasteiger partial charge in [-0.1, -0.05) is 118 Å². The van der Waals surface area contributed by atoms with Gasteiger partial charge in [-0.15, -0.1) is 0 Å². The van der Waals surface area contributed by atoms with Crippen molar-refractivity contribution in [3.05, 3.63) is 329 Å². The van der Waals surface area contributed by atoms with E-state index in [9.17, 15) is 37.1 Å². The summed E-state index contributed by atoms with van der Waals surface area (Å²) in [6.07, 6.45) is 31.3. The average molecular weight is 1590 g/mol. The molecule has 10 atom stereocenters. The van der Waals surface area contributed by atoms with Crippen molar-refractivity contribution in [3.8, 4) is 22.7 Å². The smallest absolute Gasteiger partial charge is 0.191 e. The standard InChI is InChI=1S/C26H25FN2O2.C25H23FN2O.C24H25FN2S.C23H21FN2OS/c1-26-15-18-16-28-29(21-12-10-20(27)11-13-21)23(18)14-19(26)8-5-9-22(26)25(31)24(30)17-6-3-2-4-7-17;1-25-15-18-16-27-28(21-12-10-20(26)11-13-21)23(18)14-19(25)8-5-9-22(25)24(29)17-6-3-2-4-7-17;1-16(17-10-11-28-15-17)22-5-3-4-19-12-23-18(13-24(19,22)2)14-26-27(23)21-8-6-20(25)7-9-21;1-23-12-16-13-25-26(19-7-5-18(24)6-8-19)21(16)11-17(23)3-2-4-20(23)22(27)15-9-10-28-14-15/h2-4,6-7,10-14,16,22,25,31H,5,8-9,15H2,1H3;2-4,6-7,10-14,16,22H,5,8-9,15H2,1H3;6-12,14-16,22H,3-5,13H2,1-2H3;5-11,13-14,20H,2-4,12H2,1H3/t22-,25-,26+;22-,25+;16?,22-,24+;20-,23+/m1111/s1. The number of Topliss-reactive ketones (excluding diaryl/α,β-unsaturated/α-hetero) is 3. The molecule has 18 heteroatoms. The molecule has 0 saturated heterocycles. The van der Waals surface area contributed by atoms with Gasteiger partial charge in [-0.3, -0.25) is 14.4 Å². The molecule has 6 aromatic carbocycles. The van der Waals surface area contributed by atoms with Crippen molar-refractivity contribution >= 4 is 64.3 Å². The first-order valence-corrected chi connectivity index (χ1v) is 42.6. The Bertz CT molecular complexity index is 5740. The van der Waals surface area contributed by atoms with E-state index in [4.69, 9.17) is 0 Å². The van der Waals surface area contributed by atoms with E-state index in [0.29, 0.717) is 17.4 Å². The lowest BCUT2D eigenvalue weighted by Gasteiger charge is -2.48. The Morgan fingerprint density at radius 1 is 0.397 bits per heavy atom. The number of aliphatic hydroxyl groups excluding tert-OH is 1. The van der Waals surface area contributed by atoms with Crippen LogP contribution in [0.3, 0.4) is 0 Å². The molecule has 590 valence electrons. The minimum Gasteiger partial charge on any atom is -0.385 e. The Morgan fingerprint density at radius 3 is 1.09 bits per heavy atom. The van der Waals surface area contributed by atoms with Crippen LogP contribution in [0.15, 0.2) is 238 Å². The summed E-state index contributed by atoms with van der Waals surface area (Å²) in [5.41, 5.74) is 21.1. The molecule has 12 aromatic rings. The topological polar surface area (TPSA) is 143 Å². The summed E-state index contributed by atoms with van der Waals surface area (Å²) in [5.74, 6) is 0.346. The van der Waals surface area contributed by atoms with Crippen LogP contribution in [0.2, 0.25) is 0 Å². The monoisotopic (exact) mass is 1590 g/mol. The lowest BCUT2D eigenvalue weighted by atomic mass is 9.56. The number of thiophene rings is 2. The van der Waals surface area contributed by atoms with Gasteiger partial charge in [0.1, 0.15) is 29.4 Å². The zero-order valence-corrected chi connectivity index (χ0v) is 67.6. The van der Waals surface area contributed by atoms with Crippen LogP contribution in [0, 0.1) is 68.6 Å². The first-order valence-electron chi connectivity index (χ1n) is 40.8. The molecule has 8 aliphatic carbocycles. The van der Waals surface area contributed by atoms with E-state index in [1.165, 1.54) is 94.9 Å². The molecule has 4 saturated carbocycles. The summed E-state index contributed by atoms with van der Waals surface area (Å²) < 4.78 is 60.9. The normalized spacial score (nSPS) is 23.8. The number of benzene rings is 6. The number of aromatic nitrogens is 8. The van der Waals surface area contributed by atoms with Crippen LogP contribution in [0.5, 0.6) is 0 Å². The number of rotatable bonds is 13. The minimum absolute atomic E-state index is 0.00409. The fraction of sp³-hybridized carbons (Fsp3) is 0.316. The van der Waals surface area contributed by atoms with Gasteiger partial charge in [-0.05, 0) is 303 Å². The van der Waals surface area contributed by atoms with E-state index in [-0.39, 0.29) is 80.0 Å². The lowest BCUT2D eigenvalue weighted by Crippen LogP contribution is -2.46. The molecule has 0 bridgehead atoms. The quantitative estimate of drug-likeness (QED) is 0.0888. The van der Waals surface area contributed by atoms with Crippen LogP contribution < -0.4 is 0 Å². The number of halogens is 4. The Kier molecular flexibility index (Phi) is 21.5. The van der Waals surface area contributed by atoms with E-state index in [1.807, 2.05) is 109 Å². The van der Waals surface area contributed by atoms with Crippen LogP contribution >= 0.6 is 22.7 Å². The van der Waals surface area contributed by atoms with Crippen LogP contribution in [0.4, 0.5) is 17.6 Å². The van der Waals surface area contributed by atoms with Gasteiger partial charge < -0.3 is 5.11 Å². The average Bonchev–Trinajstić information content (AvgIpc) is 1.30. The fourth-order valence-electron chi connectivity index (χ4n) is 20.7. The number of hydrogen-bond acceptors (Lipinski definition) is 10. The second-order valence-electron chi connectivity index (χ2n) is 33.8. The van der Waals surface area contributed by atoms with Crippen molar-refractivity contribution in [1.82, 2.24) is 39.1 Å². The molecule has 0 amide bonds. The minimum atomic E-state index is -1.04. The Hall–Kier alpha value is -10.8. The van der Waals surface area contributed by atoms with Crippen LogP contribution in [0.1, 0.15) is 199 Å². The number of aliphatic hydroxyl groups is 1. The summed E-state index contributed by atoms with van der Waals surface area (Å²) in [6, 6.07) is 48.7. The molecular formula is C98H94F4N8O4S2. The van der Waals surface area contributed by atoms with E-state index < -0.39 is 6.10 Å². The zero-order valence-electron chi connectivity index (χ0n) is 65.9. The first kappa shape index (κ1) is 77.8. The molecule has 8 aliphatic rings.